The lowest BCUT2D eigenvalue weighted by Crippen LogP contribution is -2.35. The van der Waals surface area contributed by atoms with Crippen LogP contribution in [0.25, 0.3) is 11.2 Å². The quantitative estimate of drug-likeness (QED) is 0.149. The molecule has 5 rings (SSSR count). The second-order valence-electron chi connectivity index (χ2n) is 10.5. The van der Waals surface area contributed by atoms with Gasteiger partial charge in [-0.15, -0.1) is 0 Å². The van der Waals surface area contributed by atoms with Crippen molar-refractivity contribution in [3.8, 4) is 0 Å². The lowest BCUT2D eigenvalue weighted by molar-refractivity contribution is -0.212. The fourth-order valence-corrected chi connectivity index (χ4v) is 5.82. The van der Waals surface area contributed by atoms with E-state index in [-0.39, 0.29) is 43.4 Å². The van der Waals surface area contributed by atoms with Crippen molar-refractivity contribution in [2.45, 2.75) is 87.6 Å². The smallest absolute Gasteiger partial charge is 0.191 e. The number of hydrogen-bond acceptors (Lipinski definition) is 8. The SMILES string of the molecule is CCCSc1nc(NC2CC2c2ccc(F)c(F)c2)c2[nH]n(C3CC(OCCO)CC3OC(C)(C)O)c2n1. The van der Waals surface area contributed by atoms with Crippen molar-refractivity contribution in [3.63, 3.8) is 0 Å². The molecule has 2 aliphatic rings. The second kappa shape index (κ2) is 11.1. The summed E-state index contributed by atoms with van der Waals surface area (Å²) in [5.74, 6) is -1.38. The van der Waals surface area contributed by atoms with Gasteiger partial charge in [0.05, 0.1) is 31.5 Å². The summed E-state index contributed by atoms with van der Waals surface area (Å²) in [6, 6.07) is 3.96. The van der Waals surface area contributed by atoms with Gasteiger partial charge < -0.3 is 25.0 Å². The van der Waals surface area contributed by atoms with Crippen molar-refractivity contribution in [2.75, 3.05) is 24.3 Å². The highest BCUT2D eigenvalue weighted by molar-refractivity contribution is 7.99. The number of halogens is 2. The van der Waals surface area contributed by atoms with E-state index in [0.29, 0.717) is 23.8 Å². The average Bonchev–Trinajstić information content (AvgIpc) is 3.51. The van der Waals surface area contributed by atoms with E-state index in [0.717, 1.165) is 35.3 Å². The van der Waals surface area contributed by atoms with Crippen molar-refractivity contribution < 1.29 is 28.5 Å². The predicted molar refractivity (Wildman–Crippen MR) is 140 cm³/mol. The molecule has 1 aromatic carbocycles. The largest absolute Gasteiger partial charge is 0.394 e. The molecule has 0 saturated heterocycles. The maximum absolute atomic E-state index is 13.8. The first-order valence-electron chi connectivity index (χ1n) is 13.1. The number of nitrogens with zero attached hydrogens (tertiary/aromatic N) is 3. The van der Waals surface area contributed by atoms with Crippen LogP contribution >= 0.6 is 11.8 Å². The van der Waals surface area contributed by atoms with E-state index in [4.69, 9.17) is 19.4 Å². The molecule has 12 heteroatoms. The Hall–Kier alpha value is -2.25. The third-order valence-corrected chi connectivity index (χ3v) is 7.95. The van der Waals surface area contributed by atoms with Gasteiger partial charge in [0, 0.05) is 24.1 Å². The molecule has 3 aromatic rings. The number of aromatic nitrogens is 4. The number of rotatable bonds is 12. The standard InChI is InChI=1S/C26H35F2N5O4S/c1-4-9-38-25-30-23(29-19-13-16(19)14-5-6-17(27)18(28)10-14)22-24(31-25)33(32-22)20-11-15(36-8-7-34)12-21(20)37-26(2,3)35/h5-6,10,15-16,19-21,32,34-35H,4,7-9,11-13H2,1-3H3,(H,29,30,31). The number of aliphatic hydroxyl groups is 2. The van der Waals surface area contributed by atoms with Crippen LogP contribution in [0.15, 0.2) is 23.4 Å². The Bertz CT molecular complexity index is 1260. The van der Waals surface area contributed by atoms with E-state index in [9.17, 15) is 19.0 Å². The van der Waals surface area contributed by atoms with Crippen LogP contribution in [-0.4, -0.2) is 73.0 Å². The summed E-state index contributed by atoms with van der Waals surface area (Å²) in [6.45, 7) is 5.49. The molecular weight excluding hydrogens is 516 g/mol. The van der Waals surface area contributed by atoms with Crippen LogP contribution in [0.3, 0.4) is 0 Å². The number of aromatic amines is 1. The molecule has 0 radical (unpaired) electrons. The number of hydrogen-bond donors (Lipinski definition) is 4. The van der Waals surface area contributed by atoms with Gasteiger partial charge in [0.1, 0.15) is 5.52 Å². The lowest BCUT2D eigenvalue weighted by atomic mass is 10.1. The van der Waals surface area contributed by atoms with Gasteiger partial charge in [0.15, 0.2) is 34.0 Å². The number of aliphatic hydroxyl groups excluding tert-OH is 1. The van der Waals surface area contributed by atoms with Crippen molar-refractivity contribution in [3.05, 3.63) is 35.4 Å². The van der Waals surface area contributed by atoms with Gasteiger partial charge in [0.25, 0.3) is 0 Å². The van der Waals surface area contributed by atoms with Crippen LogP contribution in [0.2, 0.25) is 0 Å². The molecule has 2 aliphatic carbocycles. The summed E-state index contributed by atoms with van der Waals surface area (Å²) in [4.78, 5) is 9.56. The Labute approximate surface area is 224 Å². The maximum Gasteiger partial charge on any atom is 0.191 e. The molecule has 38 heavy (non-hydrogen) atoms. The highest BCUT2D eigenvalue weighted by Crippen LogP contribution is 2.45. The minimum absolute atomic E-state index is 0.0488. The van der Waals surface area contributed by atoms with E-state index in [1.54, 1.807) is 31.7 Å². The predicted octanol–water partition coefficient (Wildman–Crippen LogP) is 4.33. The zero-order valence-corrected chi connectivity index (χ0v) is 22.6. The Kier molecular flexibility index (Phi) is 7.97. The first kappa shape index (κ1) is 27.3. The third-order valence-electron chi connectivity index (χ3n) is 6.89. The molecule has 2 aromatic heterocycles. The minimum atomic E-state index is -1.32. The summed E-state index contributed by atoms with van der Waals surface area (Å²) < 4.78 is 40.9. The minimum Gasteiger partial charge on any atom is -0.394 e. The van der Waals surface area contributed by atoms with Crippen LogP contribution < -0.4 is 5.32 Å². The highest BCUT2D eigenvalue weighted by Gasteiger charge is 2.43. The first-order valence-corrected chi connectivity index (χ1v) is 14.1. The summed E-state index contributed by atoms with van der Waals surface area (Å²) in [5, 5.41) is 27.0. The fourth-order valence-electron chi connectivity index (χ4n) is 5.13. The molecule has 2 saturated carbocycles. The maximum atomic E-state index is 13.8. The van der Waals surface area contributed by atoms with Crippen molar-refractivity contribution in [1.82, 2.24) is 19.7 Å². The number of fused-ring (bicyclic) bond motifs is 1. The molecular formula is C26H35F2N5O4S. The van der Waals surface area contributed by atoms with Crippen molar-refractivity contribution in [2.24, 2.45) is 0 Å². The zero-order valence-electron chi connectivity index (χ0n) is 21.8. The molecule has 5 atom stereocenters. The molecule has 9 nitrogen and oxygen atoms in total. The van der Waals surface area contributed by atoms with Gasteiger partial charge in [0.2, 0.25) is 0 Å². The molecule has 0 amide bonds. The van der Waals surface area contributed by atoms with Gasteiger partial charge in [-0.2, -0.15) is 0 Å². The Balaban J connectivity index is 1.40. The third kappa shape index (κ3) is 5.99. The molecule has 0 bridgehead atoms. The molecule has 2 fully saturated rings. The fraction of sp³-hybridized carbons (Fsp3) is 0.615. The van der Waals surface area contributed by atoms with Gasteiger partial charge in [-0.1, -0.05) is 24.8 Å². The Morgan fingerprint density at radius 2 is 2.03 bits per heavy atom. The second-order valence-corrected chi connectivity index (χ2v) is 11.6. The summed E-state index contributed by atoms with van der Waals surface area (Å²) in [5.41, 5.74) is 2.27. The molecule has 0 spiro atoms. The summed E-state index contributed by atoms with van der Waals surface area (Å²) in [6.07, 6.45) is 2.54. The van der Waals surface area contributed by atoms with Crippen LogP contribution in [0.1, 0.15) is 64.0 Å². The number of nitrogens with one attached hydrogen (secondary N) is 2. The van der Waals surface area contributed by atoms with Gasteiger partial charge in [-0.3, -0.25) is 9.78 Å². The molecule has 0 aliphatic heterocycles. The Morgan fingerprint density at radius 3 is 2.74 bits per heavy atom. The number of benzene rings is 1. The van der Waals surface area contributed by atoms with Crippen molar-refractivity contribution in [1.29, 1.82) is 0 Å². The van der Waals surface area contributed by atoms with E-state index in [2.05, 4.69) is 17.3 Å². The summed E-state index contributed by atoms with van der Waals surface area (Å²) >= 11 is 1.57. The number of anilines is 1. The van der Waals surface area contributed by atoms with Gasteiger partial charge in [-0.25, -0.2) is 18.7 Å². The average molecular weight is 552 g/mol. The van der Waals surface area contributed by atoms with E-state index in [1.807, 2.05) is 4.68 Å². The summed E-state index contributed by atoms with van der Waals surface area (Å²) in [7, 11) is 0. The number of H-pyrrole nitrogens is 1. The van der Waals surface area contributed by atoms with E-state index < -0.39 is 17.4 Å². The molecule has 4 N–H and O–H groups in total. The van der Waals surface area contributed by atoms with E-state index in [1.165, 1.54) is 12.1 Å². The van der Waals surface area contributed by atoms with Crippen molar-refractivity contribution >= 4 is 28.7 Å². The molecule has 2 heterocycles. The molecule has 5 unspecified atom stereocenters. The normalized spacial score (nSPS) is 25.4. The zero-order chi connectivity index (χ0) is 27.0. The lowest BCUT2D eigenvalue weighted by Gasteiger charge is -2.31. The van der Waals surface area contributed by atoms with Crippen LogP contribution in [0.5, 0.6) is 0 Å². The topological polar surface area (TPSA) is 117 Å². The molecule has 208 valence electrons. The highest BCUT2D eigenvalue weighted by atomic mass is 32.2. The van der Waals surface area contributed by atoms with E-state index >= 15 is 0 Å². The van der Waals surface area contributed by atoms with Crippen LogP contribution in [0.4, 0.5) is 14.6 Å². The number of thioether (sulfide) groups is 1. The Morgan fingerprint density at radius 1 is 1.21 bits per heavy atom. The van der Waals surface area contributed by atoms with Gasteiger partial charge in [-0.05, 0) is 50.8 Å². The van der Waals surface area contributed by atoms with Crippen LogP contribution in [0, 0.1) is 11.6 Å². The monoisotopic (exact) mass is 551 g/mol. The van der Waals surface area contributed by atoms with Gasteiger partial charge >= 0.3 is 0 Å². The van der Waals surface area contributed by atoms with Crippen LogP contribution in [-0.2, 0) is 9.47 Å². The first-order chi connectivity index (χ1) is 18.2. The number of ether oxygens (including phenoxy) is 2.